The number of aromatic hydroxyl groups is 1. The molecule has 6 nitrogen and oxygen atoms in total. The van der Waals surface area contributed by atoms with Gasteiger partial charge in [0.2, 0.25) is 5.91 Å². The maximum Gasteiger partial charge on any atom is 0.490 e. The van der Waals surface area contributed by atoms with E-state index < -0.39 is 12.1 Å². The van der Waals surface area contributed by atoms with Gasteiger partial charge in [-0.25, -0.2) is 4.79 Å². The van der Waals surface area contributed by atoms with Crippen molar-refractivity contribution in [3.63, 3.8) is 0 Å². The van der Waals surface area contributed by atoms with E-state index in [4.69, 9.17) is 9.90 Å². The molecule has 0 saturated carbocycles. The summed E-state index contributed by atoms with van der Waals surface area (Å²) in [4.78, 5) is 26.3. The number of alkyl halides is 3. The molecule has 32 heavy (non-hydrogen) atoms. The number of piperidine rings is 1. The minimum atomic E-state index is -5.08. The number of benzene rings is 1. The molecule has 3 unspecified atom stereocenters. The van der Waals surface area contributed by atoms with Crippen molar-refractivity contribution in [3.05, 3.63) is 35.9 Å². The summed E-state index contributed by atoms with van der Waals surface area (Å²) in [5, 5.41) is 16.6. The van der Waals surface area contributed by atoms with E-state index in [-0.39, 0.29) is 11.9 Å². The lowest BCUT2D eigenvalue weighted by molar-refractivity contribution is -0.192. The van der Waals surface area contributed by atoms with E-state index in [1.54, 1.807) is 12.1 Å². The average molecular weight is 457 g/mol. The number of phenolic OH excluding ortho intramolecular Hbond substituents is 1. The van der Waals surface area contributed by atoms with Crippen molar-refractivity contribution in [2.45, 2.75) is 70.8 Å². The van der Waals surface area contributed by atoms with Crippen LogP contribution in [0.5, 0.6) is 5.75 Å². The van der Waals surface area contributed by atoms with Crippen LogP contribution in [0.15, 0.2) is 30.3 Å². The maximum atomic E-state index is 13.0. The number of nitrogens with zero attached hydrogens (tertiary/aromatic N) is 2. The second kappa shape index (κ2) is 10.8. The minimum Gasteiger partial charge on any atom is -0.508 e. The molecule has 2 N–H and O–H groups in total. The van der Waals surface area contributed by atoms with Crippen LogP contribution < -0.4 is 0 Å². The fourth-order valence-corrected chi connectivity index (χ4v) is 4.20. The van der Waals surface area contributed by atoms with Gasteiger partial charge < -0.3 is 15.1 Å². The molecule has 2 heterocycles. The van der Waals surface area contributed by atoms with Crippen molar-refractivity contribution >= 4 is 17.4 Å². The molecule has 2 aliphatic rings. The summed E-state index contributed by atoms with van der Waals surface area (Å²) in [5.41, 5.74) is 2.46. The smallest absolute Gasteiger partial charge is 0.490 e. The fraction of sp³-hybridized carbons (Fsp3) is 0.565. The Morgan fingerprint density at radius 3 is 2.06 bits per heavy atom. The summed E-state index contributed by atoms with van der Waals surface area (Å²) in [6.07, 6.45) is 1.54. The van der Waals surface area contributed by atoms with Crippen molar-refractivity contribution in [2.75, 3.05) is 13.1 Å². The molecule has 9 heteroatoms. The van der Waals surface area contributed by atoms with Crippen LogP contribution in [0.4, 0.5) is 13.2 Å². The summed E-state index contributed by atoms with van der Waals surface area (Å²) < 4.78 is 31.7. The highest BCUT2D eigenvalue weighted by molar-refractivity contribution is 5.82. The highest BCUT2D eigenvalue weighted by atomic mass is 19.4. The van der Waals surface area contributed by atoms with Crippen LogP contribution in [0.25, 0.3) is 5.57 Å². The molecule has 0 spiro atoms. The van der Waals surface area contributed by atoms with Gasteiger partial charge in [0.15, 0.2) is 0 Å². The van der Waals surface area contributed by atoms with Gasteiger partial charge in [-0.15, -0.1) is 0 Å². The second-order valence-corrected chi connectivity index (χ2v) is 8.37. The number of halogens is 3. The number of hydrogen-bond donors (Lipinski definition) is 2. The molecular weight excluding hydrogens is 425 g/mol. The Balaban J connectivity index is 0.000000451. The molecule has 0 aliphatic carbocycles. The lowest BCUT2D eigenvalue weighted by Gasteiger charge is -2.42. The molecule has 178 valence electrons. The topological polar surface area (TPSA) is 81.1 Å². The third-order valence-corrected chi connectivity index (χ3v) is 6.07. The number of amides is 1. The molecular formula is C23H31F3N2O4. The lowest BCUT2D eigenvalue weighted by atomic mass is 9.95. The van der Waals surface area contributed by atoms with Crippen LogP contribution in [0, 0.1) is 0 Å². The predicted octanol–water partition coefficient (Wildman–Crippen LogP) is 4.29. The first-order chi connectivity index (χ1) is 14.9. The zero-order valence-corrected chi connectivity index (χ0v) is 18.6. The Kier molecular flexibility index (Phi) is 8.72. The maximum absolute atomic E-state index is 13.0. The van der Waals surface area contributed by atoms with Gasteiger partial charge in [-0.05, 0) is 69.7 Å². The summed E-state index contributed by atoms with van der Waals surface area (Å²) in [6, 6.07) is 8.02. The average Bonchev–Trinajstić information content (AvgIpc) is 2.73. The first-order valence-corrected chi connectivity index (χ1v) is 10.8. The van der Waals surface area contributed by atoms with Crippen LogP contribution in [-0.4, -0.2) is 69.3 Å². The molecule has 0 radical (unpaired) electrons. The largest absolute Gasteiger partial charge is 0.508 e. The molecule has 1 aromatic rings. The zero-order valence-electron chi connectivity index (χ0n) is 18.6. The number of carboxylic acid groups (broad SMARTS) is 1. The number of aliphatic carboxylic acids is 1. The number of phenols is 1. The van der Waals surface area contributed by atoms with Crippen LogP contribution in [-0.2, 0) is 9.59 Å². The first kappa shape index (κ1) is 25.7. The molecule has 1 saturated heterocycles. The molecule has 1 aromatic carbocycles. The van der Waals surface area contributed by atoms with Gasteiger partial charge >= 0.3 is 12.1 Å². The standard InChI is InChI=1S/C21H30N2O2.C2HF3O2/c1-15-5-4-6-16(2)23(15)21(25)17(3)22-13-11-19(12-14-22)18-7-9-20(24)10-8-18;3-2(4,5)1(6)7/h7-11,15-17,24H,4-6,12-14H2,1-3H3;(H,6,7). The van der Waals surface area contributed by atoms with E-state index in [1.165, 1.54) is 12.0 Å². The molecule has 0 aromatic heterocycles. The Morgan fingerprint density at radius 1 is 1.09 bits per heavy atom. The van der Waals surface area contributed by atoms with Gasteiger partial charge in [0.05, 0.1) is 6.04 Å². The van der Waals surface area contributed by atoms with Crippen LogP contribution in [0.1, 0.15) is 52.0 Å². The Hall–Kier alpha value is -2.55. The normalized spacial score (nSPS) is 22.9. The number of carbonyl (C=O) groups is 2. The highest BCUT2D eigenvalue weighted by Gasteiger charge is 2.38. The van der Waals surface area contributed by atoms with Crippen LogP contribution in [0.2, 0.25) is 0 Å². The molecule has 2 aliphatic heterocycles. The number of carbonyl (C=O) groups excluding carboxylic acids is 1. The number of likely N-dealkylation sites (tertiary alicyclic amines) is 1. The molecule has 3 rings (SSSR count). The monoisotopic (exact) mass is 456 g/mol. The summed E-state index contributed by atoms with van der Waals surface area (Å²) in [7, 11) is 0. The summed E-state index contributed by atoms with van der Waals surface area (Å²) >= 11 is 0. The number of rotatable bonds is 3. The quantitative estimate of drug-likeness (QED) is 0.709. The van der Waals surface area contributed by atoms with Gasteiger partial charge in [-0.1, -0.05) is 18.2 Å². The highest BCUT2D eigenvalue weighted by Crippen LogP contribution is 2.27. The van der Waals surface area contributed by atoms with Crippen molar-refractivity contribution < 1.29 is 33.0 Å². The molecule has 3 atom stereocenters. The Labute approximate surface area is 186 Å². The van der Waals surface area contributed by atoms with Gasteiger partial charge in [-0.3, -0.25) is 9.69 Å². The predicted molar refractivity (Wildman–Crippen MR) is 115 cm³/mol. The van der Waals surface area contributed by atoms with Gasteiger partial charge in [0.1, 0.15) is 5.75 Å². The first-order valence-electron chi connectivity index (χ1n) is 10.8. The van der Waals surface area contributed by atoms with Gasteiger partial charge in [-0.2, -0.15) is 13.2 Å². The third-order valence-electron chi connectivity index (χ3n) is 6.07. The minimum absolute atomic E-state index is 0.0689. The van der Waals surface area contributed by atoms with E-state index in [2.05, 4.69) is 36.6 Å². The van der Waals surface area contributed by atoms with Crippen molar-refractivity contribution in [2.24, 2.45) is 0 Å². The number of carboxylic acids is 1. The Morgan fingerprint density at radius 2 is 1.62 bits per heavy atom. The van der Waals surface area contributed by atoms with Crippen LogP contribution >= 0.6 is 0 Å². The SMILES string of the molecule is CC(C(=O)N1C(C)CCCC1C)N1CC=C(c2ccc(O)cc2)CC1.O=C(O)C(F)(F)F. The lowest BCUT2D eigenvalue weighted by Crippen LogP contribution is -2.55. The van der Waals surface area contributed by atoms with Crippen molar-refractivity contribution in [3.8, 4) is 5.75 Å². The third kappa shape index (κ3) is 6.72. The van der Waals surface area contributed by atoms with E-state index in [0.717, 1.165) is 37.9 Å². The van der Waals surface area contributed by atoms with E-state index >= 15 is 0 Å². The molecule has 1 amide bonds. The summed E-state index contributed by atoms with van der Waals surface area (Å²) in [6.45, 7) is 8.12. The second-order valence-electron chi connectivity index (χ2n) is 8.37. The molecule has 1 fully saturated rings. The van der Waals surface area contributed by atoms with E-state index in [1.807, 2.05) is 12.1 Å². The number of hydrogen-bond acceptors (Lipinski definition) is 4. The summed E-state index contributed by atoms with van der Waals surface area (Å²) in [5.74, 6) is -2.18. The zero-order chi connectivity index (χ0) is 24.1. The van der Waals surface area contributed by atoms with E-state index in [0.29, 0.717) is 17.8 Å². The van der Waals surface area contributed by atoms with Gasteiger partial charge in [0, 0.05) is 25.2 Å². The van der Waals surface area contributed by atoms with Crippen molar-refractivity contribution in [1.82, 2.24) is 9.80 Å². The van der Waals surface area contributed by atoms with E-state index in [9.17, 15) is 23.1 Å². The van der Waals surface area contributed by atoms with Crippen LogP contribution in [0.3, 0.4) is 0 Å². The van der Waals surface area contributed by atoms with Crippen molar-refractivity contribution in [1.29, 1.82) is 0 Å². The fourth-order valence-electron chi connectivity index (χ4n) is 4.20. The Bertz CT molecular complexity index is 814. The molecule has 0 bridgehead atoms. The van der Waals surface area contributed by atoms with Gasteiger partial charge in [0.25, 0.3) is 0 Å².